The minimum atomic E-state index is -4.79. The molecule has 0 unspecified atom stereocenters. The van der Waals surface area contributed by atoms with Crippen molar-refractivity contribution in [2.75, 3.05) is 5.32 Å². The van der Waals surface area contributed by atoms with Gasteiger partial charge in [0.25, 0.3) is 11.5 Å². The summed E-state index contributed by atoms with van der Waals surface area (Å²) in [6.45, 7) is 3.62. The van der Waals surface area contributed by atoms with Crippen LogP contribution in [0.2, 0.25) is 0 Å². The van der Waals surface area contributed by atoms with Gasteiger partial charge in [-0.3, -0.25) is 14.6 Å². The molecule has 0 fully saturated rings. The van der Waals surface area contributed by atoms with E-state index in [1.165, 1.54) is 4.57 Å². The first kappa shape index (κ1) is 23.2. The fourth-order valence-electron chi connectivity index (χ4n) is 3.74. The van der Waals surface area contributed by atoms with E-state index in [0.717, 1.165) is 28.2 Å². The average molecular weight is 469 g/mol. The molecule has 2 aromatic carbocycles. The van der Waals surface area contributed by atoms with Gasteiger partial charge in [0.05, 0.1) is 11.1 Å². The number of fused-ring (bicyclic) bond motifs is 1. The van der Waals surface area contributed by atoms with E-state index in [4.69, 9.17) is 0 Å². The van der Waals surface area contributed by atoms with E-state index >= 15 is 0 Å². The highest BCUT2D eigenvalue weighted by molar-refractivity contribution is 6.04. The molecule has 0 saturated carbocycles. The predicted molar refractivity (Wildman–Crippen MR) is 121 cm³/mol. The van der Waals surface area contributed by atoms with Gasteiger partial charge in [-0.25, -0.2) is 4.39 Å². The standard InChI is InChI=1S/C25H19F4N3O2/c1-13-4-5-19(31-23(33)15-7-17(25(27,28)29)10-18(26)8-15)11-20(13)21-9-16-12-30-14(2)6-22(16)32(3)24(21)34/h4-12H,1-3H3,(H,31,33). The normalized spacial score (nSPS) is 11.6. The summed E-state index contributed by atoms with van der Waals surface area (Å²) in [6, 6.07) is 9.94. The molecular weight excluding hydrogens is 450 g/mol. The van der Waals surface area contributed by atoms with Crippen LogP contribution in [0.15, 0.2) is 59.5 Å². The number of amides is 1. The topological polar surface area (TPSA) is 64.0 Å². The molecule has 0 aliphatic carbocycles. The number of carbonyl (C=O) groups excluding carboxylic acids is 1. The molecule has 1 N–H and O–H groups in total. The van der Waals surface area contributed by atoms with Crippen molar-refractivity contribution in [1.29, 1.82) is 0 Å². The summed E-state index contributed by atoms with van der Waals surface area (Å²) in [5.41, 5.74) is 1.40. The Morgan fingerprint density at radius 2 is 1.74 bits per heavy atom. The van der Waals surface area contributed by atoms with Gasteiger partial charge in [-0.05, 0) is 67.4 Å². The summed E-state index contributed by atoms with van der Waals surface area (Å²) >= 11 is 0. The van der Waals surface area contributed by atoms with Crippen LogP contribution in [0.5, 0.6) is 0 Å². The lowest BCUT2D eigenvalue weighted by Crippen LogP contribution is -2.19. The number of benzene rings is 2. The van der Waals surface area contributed by atoms with Gasteiger partial charge in [-0.2, -0.15) is 13.2 Å². The number of aryl methyl sites for hydroxylation is 3. The Morgan fingerprint density at radius 3 is 2.44 bits per heavy atom. The number of carbonyl (C=O) groups is 1. The Balaban J connectivity index is 1.74. The molecule has 34 heavy (non-hydrogen) atoms. The summed E-state index contributed by atoms with van der Waals surface area (Å²) in [7, 11) is 1.65. The maximum absolute atomic E-state index is 13.7. The van der Waals surface area contributed by atoms with E-state index in [0.29, 0.717) is 23.3 Å². The van der Waals surface area contributed by atoms with Crippen molar-refractivity contribution in [3.63, 3.8) is 0 Å². The Morgan fingerprint density at radius 1 is 1.00 bits per heavy atom. The summed E-state index contributed by atoms with van der Waals surface area (Å²) in [5, 5.41) is 3.23. The van der Waals surface area contributed by atoms with Gasteiger partial charge < -0.3 is 9.88 Å². The molecule has 0 spiro atoms. The van der Waals surface area contributed by atoms with Crippen LogP contribution in [-0.2, 0) is 13.2 Å². The highest BCUT2D eigenvalue weighted by Gasteiger charge is 2.32. The molecule has 0 radical (unpaired) electrons. The lowest BCUT2D eigenvalue weighted by molar-refractivity contribution is -0.137. The van der Waals surface area contributed by atoms with E-state index in [-0.39, 0.29) is 11.2 Å². The van der Waals surface area contributed by atoms with Crippen LogP contribution in [0.4, 0.5) is 23.2 Å². The second-order valence-electron chi connectivity index (χ2n) is 8.02. The first-order valence-electron chi connectivity index (χ1n) is 10.2. The molecule has 0 aliphatic heterocycles. The third-order valence-corrected chi connectivity index (χ3v) is 5.52. The zero-order valence-electron chi connectivity index (χ0n) is 18.4. The summed E-state index contributed by atoms with van der Waals surface area (Å²) < 4.78 is 54.2. The van der Waals surface area contributed by atoms with E-state index in [9.17, 15) is 27.2 Å². The Hall–Kier alpha value is -4.01. The first-order valence-corrected chi connectivity index (χ1v) is 10.2. The van der Waals surface area contributed by atoms with Gasteiger partial charge in [0.2, 0.25) is 0 Å². The fraction of sp³-hybridized carbons (Fsp3) is 0.160. The number of halogens is 4. The van der Waals surface area contributed by atoms with Crippen molar-refractivity contribution >= 4 is 22.5 Å². The molecule has 0 bridgehead atoms. The van der Waals surface area contributed by atoms with Gasteiger partial charge >= 0.3 is 6.18 Å². The molecule has 0 aliphatic rings. The third-order valence-electron chi connectivity index (χ3n) is 5.52. The zero-order valence-corrected chi connectivity index (χ0v) is 18.4. The van der Waals surface area contributed by atoms with E-state index < -0.39 is 29.0 Å². The number of nitrogens with zero attached hydrogens (tertiary/aromatic N) is 2. The van der Waals surface area contributed by atoms with Crippen LogP contribution >= 0.6 is 0 Å². The van der Waals surface area contributed by atoms with Crippen molar-refractivity contribution in [2.45, 2.75) is 20.0 Å². The molecular formula is C25H19F4N3O2. The highest BCUT2D eigenvalue weighted by Crippen LogP contribution is 2.31. The van der Waals surface area contributed by atoms with Crippen LogP contribution in [-0.4, -0.2) is 15.5 Å². The molecule has 174 valence electrons. The number of rotatable bonds is 3. The van der Waals surface area contributed by atoms with Crippen LogP contribution in [0.25, 0.3) is 22.0 Å². The minimum Gasteiger partial charge on any atom is -0.322 e. The molecule has 2 heterocycles. The lowest BCUT2D eigenvalue weighted by atomic mass is 9.99. The Labute approximate surface area is 191 Å². The van der Waals surface area contributed by atoms with E-state index in [2.05, 4.69) is 10.3 Å². The predicted octanol–water partition coefficient (Wildman–Crippen LogP) is 5.63. The fourth-order valence-corrected chi connectivity index (χ4v) is 3.74. The molecule has 0 atom stereocenters. The number of aromatic nitrogens is 2. The third kappa shape index (κ3) is 4.41. The first-order chi connectivity index (χ1) is 15.9. The largest absolute Gasteiger partial charge is 0.416 e. The molecule has 2 aromatic heterocycles. The average Bonchev–Trinajstić information content (AvgIpc) is 2.77. The number of hydrogen-bond acceptors (Lipinski definition) is 3. The van der Waals surface area contributed by atoms with Gasteiger partial charge in [-0.15, -0.1) is 0 Å². The van der Waals surface area contributed by atoms with Crippen molar-refractivity contribution in [3.05, 3.63) is 93.3 Å². The second kappa shape index (κ2) is 8.40. The smallest absolute Gasteiger partial charge is 0.322 e. The molecule has 9 heteroatoms. The molecule has 1 amide bonds. The maximum atomic E-state index is 13.7. The van der Waals surface area contributed by atoms with Crippen LogP contribution in [0.1, 0.15) is 27.2 Å². The van der Waals surface area contributed by atoms with E-state index in [1.807, 2.05) is 6.92 Å². The summed E-state index contributed by atoms with van der Waals surface area (Å²) in [6.07, 6.45) is -3.13. The van der Waals surface area contributed by atoms with E-state index in [1.54, 1.807) is 50.5 Å². The zero-order chi connectivity index (χ0) is 24.8. The number of pyridine rings is 2. The van der Waals surface area contributed by atoms with Crippen molar-refractivity contribution in [1.82, 2.24) is 9.55 Å². The van der Waals surface area contributed by atoms with Crippen molar-refractivity contribution < 1.29 is 22.4 Å². The lowest BCUT2D eigenvalue weighted by Gasteiger charge is -2.14. The number of nitrogens with one attached hydrogen (secondary N) is 1. The van der Waals surface area contributed by atoms with Crippen LogP contribution in [0.3, 0.4) is 0 Å². The second-order valence-corrected chi connectivity index (χ2v) is 8.02. The number of hydrogen-bond donors (Lipinski definition) is 1. The van der Waals surface area contributed by atoms with Crippen LogP contribution in [0, 0.1) is 19.7 Å². The number of alkyl halides is 3. The van der Waals surface area contributed by atoms with Crippen molar-refractivity contribution in [2.24, 2.45) is 7.05 Å². The van der Waals surface area contributed by atoms with Gasteiger partial charge in [0, 0.05) is 41.1 Å². The van der Waals surface area contributed by atoms with Crippen molar-refractivity contribution in [3.8, 4) is 11.1 Å². The molecule has 4 aromatic rings. The Kier molecular flexibility index (Phi) is 5.72. The minimum absolute atomic E-state index is 0.243. The van der Waals surface area contributed by atoms with Gasteiger partial charge in [0.15, 0.2) is 0 Å². The molecule has 0 saturated heterocycles. The monoisotopic (exact) mass is 469 g/mol. The molecule has 5 nitrogen and oxygen atoms in total. The van der Waals surface area contributed by atoms with Gasteiger partial charge in [-0.1, -0.05) is 6.07 Å². The Bertz CT molecular complexity index is 1510. The number of anilines is 1. The molecule has 4 rings (SSSR count). The van der Waals surface area contributed by atoms with Crippen LogP contribution < -0.4 is 10.9 Å². The highest BCUT2D eigenvalue weighted by atomic mass is 19.4. The quantitative estimate of drug-likeness (QED) is 0.396. The van der Waals surface area contributed by atoms with Gasteiger partial charge in [0.1, 0.15) is 5.82 Å². The maximum Gasteiger partial charge on any atom is 0.416 e. The summed E-state index contributed by atoms with van der Waals surface area (Å²) in [5.74, 6) is -2.08. The SMILES string of the molecule is Cc1cc2c(cn1)cc(-c1cc(NC(=O)c3cc(F)cc(C(F)(F)F)c3)ccc1C)c(=O)n2C. The summed E-state index contributed by atoms with van der Waals surface area (Å²) in [4.78, 5) is 29.9.